The Morgan fingerprint density at radius 1 is 1.34 bits per heavy atom. The highest BCUT2D eigenvalue weighted by Crippen LogP contribution is 2.28. The molecule has 4 heterocycles. The number of nitrogens with two attached hydrogens (primary N) is 2. The summed E-state index contributed by atoms with van der Waals surface area (Å²) >= 11 is 0. The molecule has 0 aromatic carbocycles. The lowest BCUT2D eigenvalue weighted by Gasteiger charge is -2.33. The van der Waals surface area contributed by atoms with Crippen molar-refractivity contribution in [2.24, 2.45) is 5.73 Å². The lowest BCUT2D eigenvalue weighted by molar-refractivity contribution is 0.102. The molecule has 1 aliphatic heterocycles. The zero-order valence-electron chi connectivity index (χ0n) is 15.7. The predicted octanol–water partition coefficient (Wildman–Crippen LogP) is 0.952. The highest BCUT2D eigenvalue weighted by Gasteiger charge is 2.23. The Hall–Kier alpha value is -3.71. The maximum Gasteiger partial charge on any atom is 0.263 e. The number of fused-ring (bicyclic) bond motifs is 1. The molecule has 1 aliphatic rings. The molecule has 0 unspecified atom stereocenters. The Morgan fingerprint density at radius 3 is 2.90 bits per heavy atom. The molecule has 148 valence electrons. The molecule has 29 heavy (non-hydrogen) atoms. The molecule has 3 aromatic heterocycles. The number of piperidine rings is 1. The SMILES string of the molecule is N#CCc1cnc2c(C(=O)Nc3cnccc3N3CCC(N)CC3)c(N)nn2c1. The highest BCUT2D eigenvalue weighted by molar-refractivity contribution is 6.12. The number of nitriles is 1. The summed E-state index contributed by atoms with van der Waals surface area (Å²) in [7, 11) is 0. The minimum atomic E-state index is -0.416. The molecular weight excluding hydrogens is 370 g/mol. The lowest BCUT2D eigenvalue weighted by Crippen LogP contribution is -2.40. The predicted molar refractivity (Wildman–Crippen MR) is 108 cm³/mol. The number of aromatic nitrogens is 4. The van der Waals surface area contributed by atoms with Gasteiger partial charge in [-0.15, -0.1) is 5.10 Å². The largest absolute Gasteiger partial charge is 0.381 e. The van der Waals surface area contributed by atoms with Gasteiger partial charge in [0.25, 0.3) is 5.91 Å². The maximum absolute atomic E-state index is 13.0. The summed E-state index contributed by atoms with van der Waals surface area (Å²) < 4.78 is 1.42. The Morgan fingerprint density at radius 2 is 2.14 bits per heavy atom. The summed E-state index contributed by atoms with van der Waals surface area (Å²) in [5.74, 6) is -0.348. The molecule has 0 atom stereocenters. The van der Waals surface area contributed by atoms with Gasteiger partial charge in [-0.2, -0.15) is 5.26 Å². The van der Waals surface area contributed by atoms with E-state index < -0.39 is 5.91 Å². The molecule has 1 saturated heterocycles. The van der Waals surface area contributed by atoms with Crippen molar-refractivity contribution in [3.05, 3.63) is 42.0 Å². The minimum absolute atomic E-state index is 0.0681. The van der Waals surface area contributed by atoms with E-state index in [1.165, 1.54) is 4.52 Å². The first-order valence-electron chi connectivity index (χ1n) is 9.32. The number of nitrogens with zero attached hydrogens (tertiary/aromatic N) is 6. The Bertz CT molecular complexity index is 1090. The molecule has 5 N–H and O–H groups in total. The first kappa shape index (κ1) is 18.6. The van der Waals surface area contributed by atoms with Crippen molar-refractivity contribution in [1.29, 1.82) is 5.26 Å². The zero-order valence-corrected chi connectivity index (χ0v) is 15.7. The second kappa shape index (κ2) is 7.73. The third-order valence-corrected chi connectivity index (χ3v) is 4.99. The Kier molecular flexibility index (Phi) is 4.97. The van der Waals surface area contributed by atoms with Crippen LogP contribution < -0.4 is 21.7 Å². The molecule has 1 fully saturated rings. The van der Waals surface area contributed by atoms with Gasteiger partial charge in [-0.05, 0) is 18.9 Å². The maximum atomic E-state index is 13.0. The van der Waals surface area contributed by atoms with Crippen LogP contribution in [0, 0.1) is 11.3 Å². The van der Waals surface area contributed by atoms with Crippen molar-refractivity contribution >= 4 is 28.7 Å². The highest BCUT2D eigenvalue weighted by atomic mass is 16.1. The molecule has 3 aromatic rings. The molecule has 10 nitrogen and oxygen atoms in total. The number of nitrogen functional groups attached to an aromatic ring is 1. The zero-order chi connectivity index (χ0) is 20.4. The fraction of sp³-hybridized carbons (Fsp3) is 0.316. The van der Waals surface area contributed by atoms with Gasteiger partial charge in [0.05, 0.1) is 30.1 Å². The third-order valence-electron chi connectivity index (χ3n) is 4.99. The molecule has 0 aliphatic carbocycles. The van der Waals surface area contributed by atoms with Crippen molar-refractivity contribution in [3.8, 4) is 6.07 Å². The van der Waals surface area contributed by atoms with Gasteiger partial charge in [0.1, 0.15) is 5.56 Å². The van der Waals surface area contributed by atoms with Gasteiger partial charge >= 0.3 is 0 Å². The van der Waals surface area contributed by atoms with Crippen molar-refractivity contribution in [2.45, 2.75) is 25.3 Å². The van der Waals surface area contributed by atoms with E-state index in [4.69, 9.17) is 16.7 Å². The van der Waals surface area contributed by atoms with E-state index in [0.29, 0.717) is 16.9 Å². The first-order chi connectivity index (χ1) is 14.1. The molecular formula is C19H21N9O. The first-order valence-corrected chi connectivity index (χ1v) is 9.32. The van der Waals surface area contributed by atoms with Gasteiger partial charge in [0.2, 0.25) is 0 Å². The number of anilines is 3. The fourth-order valence-corrected chi connectivity index (χ4v) is 3.48. The van der Waals surface area contributed by atoms with Crippen LogP contribution >= 0.6 is 0 Å². The van der Waals surface area contributed by atoms with Crippen molar-refractivity contribution in [3.63, 3.8) is 0 Å². The van der Waals surface area contributed by atoms with E-state index in [1.807, 2.05) is 6.07 Å². The minimum Gasteiger partial charge on any atom is -0.381 e. The van der Waals surface area contributed by atoms with Gasteiger partial charge in [-0.25, -0.2) is 9.50 Å². The summed E-state index contributed by atoms with van der Waals surface area (Å²) in [6.07, 6.45) is 8.48. The van der Waals surface area contributed by atoms with Gasteiger partial charge in [0, 0.05) is 43.3 Å². The van der Waals surface area contributed by atoms with Crippen LogP contribution in [0.15, 0.2) is 30.9 Å². The van der Waals surface area contributed by atoms with Gasteiger partial charge in [-0.1, -0.05) is 0 Å². The molecule has 0 saturated carbocycles. The van der Waals surface area contributed by atoms with Crippen molar-refractivity contribution in [1.82, 2.24) is 19.6 Å². The summed E-state index contributed by atoms with van der Waals surface area (Å²) in [6.45, 7) is 1.63. The van der Waals surface area contributed by atoms with E-state index in [2.05, 4.69) is 31.4 Å². The summed E-state index contributed by atoms with van der Waals surface area (Å²) in [4.78, 5) is 23.6. The summed E-state index contributed by atoms with van der Waals surface area (Å²) in [5, 5.41) is 15.9. The van der Waals surface area contributed by atoms with E-state index in [9.17, 15) is 4.79 Å². The lowest BCUT2D eigenvalue weighted by atomic mass is 10.1. The monoisotopic (exact) mass is 391 g/mol. The normalized spacial score (nSPS) is 14.7. The molecule has 0 bridgehead atoms. The van der Waals surface area contributed by atoms with Gasteiger partial charge in [-0.3, -0.25) is 9.78 Å². The molecule has 1 amide bonds. The van der Waals surface area contributed by atoms with Crippen LogP contribution in [0.4, 0.5) is 17.2 Å². The summed E-state index contributed by atoms with van der Waals surface area (Å²) in [6, 6.07) is 4.14. The number of hydrogen-bond donors (Lipinski definition) is 3. The van der Waals surface area contributed by atoms with Gasteiger partial charge < -0.3 is 21.7 Å². The second-order valence-electron chi connectivity index (χ2n) is 7.00. The van der Waals surface area contributed by atoms with Crippen LogP contribution in [0.5, 0.6) is 0 Å². The number of carbonyl (C=O) groups is 1. The fourth-order valence-electron chi connectivity index (χ4n) is 3.48. The molecule has 0 spiro atoms. The third kappa shape index (κ3) is 3.68. The average Bonchev–Trinajstić information content (AvgIpc) is 3.04. The molecule has 4 rings (SSSR count). The number of rotatable bonds is 4. The van der Waals surface area contributed by atoms with Crippen molar-refractivity contribution < 1.29 is 4.79 Å². The molecule has 10 heteroatoms. The molecule has 0 radical (unpaired) electrons. The van der Waals surface area contributed by atoms with Crippen LogP contribution in [-0.2, 0) is 6.42 Å². The number of nitrogens with one attached hydrogen (secondary N) is 1. The van der Waals surface area contributed by atoms with E-state index in [0.717, 1.165) is 31.6 Å². The van der Waals surface area contributed by atoms with E-state index in [-0.39, 0.29) is 23.8 Å². The van der Waals surface area contributed by atoms with Crippen LogP contribution in [0.2, 0.25) is 0 Å². The average molecular weight is 391 g/mol. The quantitative estimate of drug-likeness (QED) is 0.594. The number of hydrogen-bond acceptors (Lipinski definition) is 8. The second-order valence-corrected chi connectivity index (χ2v) is 7.00. The Labute approximate surface area is 167 Å². The smallest absolute Gasteiger partial charge is 0.263 e. The number of amides is 1. The van der Waals surface area contributed by atoms with Crippen molar-refractivity contribution in [2.75, 3.05) is 29.0 Å². The standard InChI is InChI=1S/C19H21N9O/c20-5-1-12-9-24-18-16(17(22)26-28(18)11-12)19(29)25-14-10-23-6-2-15(14)27-7-3-13(21)4-8-27/h2,6,9-11,13H,1,3-4,7-8,21H2,(H2,22,26)(H,25,29). The summed E-state index contributed by atoms with van der Waals surface area (Å²) in [5.41, 5.74) is 14.7. The number of carbonyl (C=O) groups excluding carboxylic acids is 1. The Balaban J connectivity index is 1.62. The van der Waals surface area contributed by atoms with E-state index >= 15 is 0 Å². The van der Waals surface area contributed by atoms with Crippen LogP contribution in [0.25, 0.3) is 5.65 Å². The van der Waals surface area contributed by atoms with Gasteiger partial charge in [0.15, 0.2) is 11.5 Å². The van der Waals surface area contributed by atoms with Crippen LogP contribution in [0.3, 0.4) is 0 Å². The topological polar surface area (TPSA) is 151 Å². The van der Waals surface area contributed by atoms with Crippen LogP contribution in [-0.4, -0.2) is 44.6 Å². The van der Waals surface area contributed by atoms with E-state index in [1.54, 1.807) is 24.8 Å². The number of pyridine rings is 1. The van der Waals surface area contributed by atoms with Crippen LogP contribution in [0.1, 0.15) is 28.8 Å².